The molecule has 0 radical (unpaired) electrons. The van der Waals surface area contributed by atoms with Gasteiger partial charge in [0.1, 0.15) is 0 Å². The van der Waals surface area contributed by atoms with Gasteiger partial charge in [0, 0.05) is 23.0 Å². The van der Waals surface area contributed by atoms with Crippen LogP contribution in [-0.2, 0) is 0 Å². The molecule has 0 spiro atoms. The van der Waals surface area contributed by atoms with Gasteiger partial charge in [0.15, 0.2) is 5.78 Å². The number of Topliss-reactive ketones (excluding diaryl/α,β-unsaturated/α-hetero) is 1. The van der Waals surface area contributed by atoms with Crippen LogP contribution in [-0.4, -0.2) is 15.7 Å². The topological polar surface area (TPSA) is 22.0 Å². The van der Waals surface area contributed by atoms with E-state index in [4.69, 9.17) is 11.6 Å². The van der Waals surface area contributed by atoms with Crippen LogP contribution in [0.2, 0.25) is 0 Å². The molecular weight excluding hydrogens is 270 g/mol. The number of unbranched alkanes of at least 4 members (excludes halogenated alkanes) is 3. The molecule has 0 amide bonds. The Bertz CT molecular complexity index is 448. The van der Waals surface area contributed by atoms with Gasteiger partial charge in [0.05, 0.1) is 5.38 Å². The van der Waals surface area contributed by atoms with Gasteiger partial charge in [-0.3, -0.25) is 4.79 Å². The molecule has 2 unspecified atom stereocenters. The molecule has 0 aromatic carbocycles. The lowest BCUT2D eigenvalue weighted by atomic mass is 10.1. The number of aryl methyl sites for hydroxylation is 1. The Morgan fingerprint density at radius 2 is 1.90 bits per heavy atom. The minimum Gasteiger partial charge on any atom is -0.346 e. The van der Waals surface area contributed by atoms with Crippen molar-refractivity contribution in [3.63, 3.8) is 0 Å². The lowest BCUT2D eigenvalue weighted by molar-refractivity contribution is 0.0991. The van der Waals surface area contributed by atoms with Gasteiger partial charge in [-0.2, -0.15) is 0 Å². The average Bonchev–Trinajstić information content (AvgIpc) is 2.69. The molecule has 1 rings (SSSR count). The van der Waals surface area contributed by atoms with Crippen LogP contribution in [0.3, 0.4) is 0 Å². The van der Waals surface area contributed by atoms with E-state index >= 15 is 0 Å². The number of ketones is 1. The van der Waals surface area contributed by atoms with Crippen LogP contribution >= 0.6 is 11.6 Å². The Hall–Kier alpha value is -0.760. The molecule has 2 nitrogen and oxygen atoms in total. The van der Waals surface area contributed by atoms with Crippen molar-refractivity contribution in [1.82, 2.24) is 4.57 Å². The molecule has 0 N–H and O–H groups in total. The van der Waals surface area contributed by atoms with Crippen LogP contribution in [0.15, 0.2) is 6.07 Å². The molecule has 2 atom stereocenters. The maximum absolute atomic E-state index is 12.1. The van der Waals surface area contributed by atoms with Gasteiger partial charge in [0.25, 0.3) is 0 Å². The second kappa shape index (κ2) is 7.87. The summed E-state index contributed by atoms with van der Waals surface area (Å²) in [6.07, 6.45) is 6.29. The number of hydrogen-bond donors (Lipinski definition) is 0. The van der Waals surface area contributed by atoms with E-state index in [9.17, 15) is 4.79 Å². The van der Waals surface area contributed by atoms with Crippen molar-refractivity contribution in [2.75, 3.05) is 0 Å². The Balaban J connectivity index is 2.82. The van der Waals surface area contributed by atoms with Gasteiger partial charge in [-0.1, -0.05) is 32.6 Å². The molecule has 20 heavy (non-hydrogen) atoms. The van der Waals surface area contributed by atoms with E-state index in [-0.39, 0.29) is 5.78 Å². The minimum absolute atomic E-state index is 0.0317. The lowest BCUT2D eigenvalue weighted by Gasteiger charge is -2.18. The zero-order chi connectivity index (χ0) is 15.3. The third kappa shape index (κ3) is 4.12. The molecule has 0 saturated carbocycles. The fourth-order valence-corrected chi connectivity index (χ4v) is 3.03. The molecule has 0 bridgehead atoms. The molecule has 1 heterocycles. The zero-order valence-corrected chi connectivity index (χ0v) is 14.3. The monoisotopic (exact) mass is 297 g/mol. The second-order valence-electron chi connectivity index (χ2n) is 5.83. The molecular formula is C17H28ClNO. The summed E-state index contributed by atoms with van der Waals surface area (Å²) in [5, 5.41) is -0.455. The highest BCUT2D eigenvalue weighted by Crippen LogP contribution is 2.25. The standard InChI is InChI=1S/C17H28ClNO/c1-6-7-8-9-10-12(2)19-13(3)11-16(15(19)5)17(20)14(4)18/h11-12,14H,6-10H2,1-5H3. The van der Waals surface area contributed by atoms with E-state index in [1.807, 2.05) is 13.0 Å². The van der Waals surface area contributed by atoms with Gasteiger partial charge >= 0.3 is 0 Å². The first kappa shape index (κ1) is 17.3. The zero-order valence-electron chi connectivity index (χ0n) is 13.5. The summed E-state index contributed by atoms with van der Waals surface area (Å²) >= 11 is 5.94. The van der Waals surface area contributed by atoms with Crippen LogP contribution < -0.4 is 0 Å². The average molecular weight is 298 g/mol. The Labute approximate surface area is 128 Å². The summed E-state index contributed by atoms with van der Waals surface area (Å²) in [5.74, 6) is 0.0317. The largest absolute Gasteiger partial charge is 0.346 e. The van der Waals surface area contributed by atoms with E-state index in [1.54, 1.807) is 6.92 Å². The summed E-state index contributed by atoms with van der Waals surface area (Å²) in [7, 11) is 0. The number of alkyl halides is 1. The highest BCUT2D eigenvalue weighted by atomic mass is 35.5. The molecule has 114 valence electrons. The van der Waals surface area contributed by atoms with E-state index in [1.165, 1.54) is 32.1 Å². The molecule has 3 heteroatoms. The van der Waals surface area contributed by atoms with Crippen LogP contribution in [0.5, 0.6) is 0 Å². The van der Waals surface area contributed by atoms with Crippen LogP contribution in [0.25, 0.3) is 0 Å². The summed E-state index contributed by atoms with van der Waals surface area (Å²) < 4.78 is 2.29. The van der Waals surface area contributed by atoms with Crippen molar-refractivity contribution >= 4 is 17.4 Å². The Kier molecular flexibility index (Phi) is 6.81. The van der Waals surface area contributed by atoms with Crippen molar-refractivity contribution in [1.29, 1.82) is 0 Å². The first-order valence-corrected chi connectivity index (χ1v) is 8.20. The quantitative estimate of drug-likeness (QED) is 0.355. The Morgan fingerprint density at radius 3 is 2.45 bits per heavy atom. The van der Waals surface area contributed by atoms with E-state index in [0.29, 0.717) is 6.04 Å². The summed E-state index contributed by atoms with van der Waals surface area (Å²) in [6.45, 7) is 10.3. The number of carbonyl (C=O) groups is 1. The van der Waals surface area contributed by atoms with E-state index < -0.39 is 5.38 Å². The predicted molar refractivity (Wildman–Crippen MR) is 87.0 cm³/mol. The molecule has 0 fully saturated rings. The maximum Gasteiger partial charge on any atom is 0.182 e. The van der Waals surface area contributed by atoms with Crippen LogP contribution in [0, 0.1) is 13.8 Å². The smallest absolute Gasteiger partial charge is 0.182 e. The SMILES string of the molecule is CCCCCCC(C)n1c(C)cc(C(=O)C(C)Cl)c1C. The molecule has 1 aromatic heterocycles. The van der Waals surface area contributed by atoms with Gasteiger partial charge in [-0.25, -0.2) is 0 Å². The third-order valence-electron chi connectivity index (χ3n) is 4.03. The number of halogens is 1. The third-order valence-corrected chi connectivity index (χ3v) is 4.23. The number of nitrogens with zero attached hydrogens (tertiary/aromatic N) is 1. The van der Waals surface area contributed by atoms with Gasteiger partial charge in [0.2, 0.25) is 0 Å². The van der Waals surface area contributed by atoms with Crippen molar-refractivity contribution < 1.29 is 4.79 Å². The first-order chi connectivity index (χ1) is 9.40. The van der Waals surface area contributed by atoms with Crippen molar-refractivity contribution in [2.45, 2.75) is 78.1 Å². The number of hydrogen-bond acceptors (Lipinski definition) is 1. The van der Waals surface area contributed by atoms with E-state index in [0.717, 1.165) is 17.0 Å². The highest BCUT2D eigenvalue weighted by molar-refractivity contribution is 6.33. The molecule has 0 aliphatic rings. The molecule has 0 aliphatic carbocycles. The van der Waals surface area contributed by atoms with E-state index in [2.05, 4.69) is 25.3 Å². The molecule has 0 saturated heterocycles. The van der Waals surface area contributed by atoms with Gasteiger partial charge in [-0.05, 0) is 40.2 Å². The fraction of sp³-hybridized carbons (Fsp3) is 0.706. The summed E-state index contributed by atoms with van der Waals surface area (Å²) in [6, 6.07) is 2.43. The normalized spacial score (nSPS) is 14.3. The number of carbonyl (C=O) groups excluding carboxylic acids is 1. The van der Waals surface area contributed by atoms with Gasteiger partial charge in [-0.15, -0.1) is 11.6 Å². The maximum atomic E-state index is 12.1. The van der Waals surface area contributed by atoms with Crippen molar-refractivity contribution in [3.05, 3.63) is 23.0 Å². The van der Waals surface area contributed by atoms with Crippen LogP contribution in [0.1, 0.15) is 80.7 Å². The minimum atomic E-state index is -0.455. The van der Waals surface area contributed by atoms with Crippen molar-refractivity contribution in [2.24, 2.45) is 0 Å². The van der Waals surface area contributed by atoms with Crippen molar-refractivity contribution in [3.8, 4) is 0 Å². The number of aromatic nitrogens is 1. The summed E-state index contributed by atoms with van der Waals surface area (Å²) in [4.78, 5) is 12.1. The Morgan fingerprint density at radius 1 is 1.25 bits per heavy atom. The lowest BCUT2D eigenvalue weighted by Crippen LogP contribution is -2.13. The van der Waals surface area contributed by atoms with Gasteiger partial charge < -0.3 is 4.57 Å². The second-order valence-corrected chi connectivity index (χ2v) is 6.49. The fourth-order valence-electron chi connectivity index (χ4n) is 2.91. The summed E-state index contributed by atoms with van der Waals surface area (Å²) in [5.41, 5.74) is 3.00. The highest BCUT2D eigenvalue weighted by Gasteiger charge is 2.21. The first-order valence-electron chi connectivity index (χ1n) is 7.76. The molecule has 0 aliphatic heterocycles. The number of rotatable bonds is 8. The van der Waals surface area contributed by atoms with Crippen LogP contribution in [0.4, 0.5) is 0 Å². The predicted octanol–water partition coefficient (Wildman–Crippen LogP) is 5.45. The molecule has 1 aromatic rings.